The molecule has 0 atom stereocenters. The van der Waals surface area contributed by atoms with Crippen LogP contribution < -0.4 is 10.1 Å². The summed E-state index contributed by atoms with van der Waals surface area (Å²) < 4.78 is 5.76. The Bertz CT molecular complexity index is 577. The van der Waals surface area contributed by atoms with Gasteiger partial charge in [-0.2, -0.15) is 0 Å². The molecular formula is C17H19NO. The highest BCUT2D eigenvalue weighted by atomic mass is 16.5. The van der Waals surface area contributed by atoms with Crippen molar-refractivity contribution in [2.24, 2.45) is 0 Å². The van der Waals surface area contributed by atoms with Gasteiger partial charge in [0.05, 0.1) is 6.61 Å². The number of benzene rings is 2. The number of para-hydroxylation sites is 1. The number of fused-ring (bicyclic) bond motifs is 1. The molecule has 0 saturated heterocycles. The van der Waals surface area contributed by atoms with Crippen LogP contribution in [0.3, 0.4) is 0 Å². The lowest BCUT2D eigenvalue weighted by molar-refractivity contribution is 0.341. The molecule has 0 aromatic heterocycles. The molecule has 2 heteroatoms. The zero-order chi connectivity index (χ0) is 13.1. The first kappa shape index (κ1) is 12.1. The maximum absolute atomic E-state index is 5.76. The number of rotatable bonds is 3. The summed E-state index contributed by atoms with van der Waals surface area (Å²) in [7, 11) is 0. The number of ether oxygens (including phenoxy) is 1. The standard InChI is InChI=1S/C17H19NO/c1-2-19-17-11-4-3-7-15(17)13-8-5-10-16-14(13)9-6-12-18-16/h3-5,7-8,10-11,18H,2,6,9,12H2,1H3. The molecule has 2 nitrogen and oxygen atoms in total. The fourth-order valence-corrected chi connectivity index (χ4v) is 2.73. The fraction of sp³-hybridized carbons (Fsp3) is 0.294. The molecule has 0 fully saturated rings. The van der Waals surface area contributed by atoms with E-state index in [1.807, 2.05) is 13.0 Å². The molecule has 2 aromatic rings. The Morgan fingerprint density at radius 3 is 2.79 bits per heavy atom. The Labute approximate surface area is 114 Å². The van der Waals surface area contributed by atoms with E-state index in [4.69, 9.17) is 4.74 Å². The summed E-state index contributed by atoms with van der Waals surface area (Å²) in [5.41, 5.74) is 5.19. The molecule has 0 spiro atoms. The van der Waals surface area contributed by atoms with E-state index in [2.05, 4.69) is 41.7 Å². The molecule has 1 aliphatic rings. The molecule has 0 aliphatic carbocycles. The highest BCUT2D eigenvalue weighted by molar-refractivity contribution is 5.78. The van der Waals surface area contributed by atoms with Gasteiger partial charge in [-0.1, -0.05) is 30.3 Å². The second-order valence-electron chi connectivity index (χ2n) is 4.79. The summed E-state index contributed by atoms with van der Waals surface area (Å²) in [6.45, 7) is 3.80. The van der Waals surface area contributed by atoms with Crippen molar-refractivity contribution in [1.82, 2.24) is 0 Å². The average molecular weight is 253 g/mol. The largest absolute Gasteiger partial charge is 0.493 e. The van der Waals surface area contributed by atoms with Gasteiger partial charge in [0.25, 0.3) is 0 Å². The van der Waals surface area contributed by atoms with Crippen molar-refractivity contribution in [3.05, 3.63) is 48.0 Å². The predicted octanol–water partition coefficient (Wildman–Crippen LogP) is 4.11. The molecule has 19 heavy (non-hydrogen) atoms. The summed E-state index contributed by atoms with van der Waals surface area (Å²) in [6.07, 6.45) is 2.33. The van der Waals surface area contributed by atoms with Gasteiger partial charge in [0.1, 0.15) is 5.75 Å². The van der Waals surface area contributed by atoms with E-state index in [1.165, 1.54) is 28.8 Å². The topological polar surface area (TPSA) is 21.3 Å². The molecule has 0 radical (unpaired) electrons. The monoisotopic (exact) mass is 253 g/mol. The van der Waals surface area contributed by atoms with Crippen molar-refractivity contribution in [3.8, 4) is 16.9 Å². The normalized spacial score (nSPS) is 13.5. The van der Waals surface area contributed by atoms with Crippen LogP contribution in [0.15, 0.2) is 42.5 Å². The molecule has 0 unspecified atom stereocenters. The molecule has 0 amide bonds. The second kappa shape index (κ2) is 5.35. The van der Waals surface area contributed by atoms with Gasteiger partial charge in [-0.3, -0.25) is 0 Å². The van der Waals surface area contributed by atoms with E-state index in [1.54, 1.807) is 0 Å². The van der Waals surface area contributed by atoms with Gasteiger partial charge >= 0.3 is 0 Å². The number of hydrogen-bond donors (Lipinski definition) is 1. The third kappa shape index (κ3) is 2.30. The van der Waals surface area contributed by atoms with Gasteiger partial charge in [-0.15, -0.1) is 0 Å². The van der Waals surface area contributed by atoms with Crippen LogP contribution in [-0.2, 0) is 6.42 Å². The van der Waals surface area contributed by atoms with E-state index in [-0.39, 0.29) is 0 Å². The van der Waals surface area contributed by atoms with Gasteiger partial charge in [-0.25, -0.2) is 0 Å². The first-order valence-corrected chi connectivity index (χ1v) is 6.98. The first-order chi connectivity index (χ1) is 9.40. The average Bonchev–Trinajstić information content (AvgIpc) is 2.48. The maximum Gasteiger partial charge on any atom is 0.127 e. The van der Waals surface area contributed by atoms with Crippen LogP contribution in [0.25, 0.3) is 11.1 Å². The Balaban J connectivity index is 2.12. The zero-order valence-corrected chi connectivity index (χ0v) is 11.3. The summed E-state index contributed by atoms with van der Waals surface area (Å²) in [5, 5.41) is 3.48. The smallest absolute Gasteiger partial charge is 0.127 e. The molecule has 1 aliphatic heterocycles. The van der Waals surface area contributed by atoms with Crippen LogP contribution in [0.5, 0.6) is 5.75 Å². The lowest BCUT2D eigenvalue weighted by Crippen LogP contribution is -2.12. The van der Waals surface area contributed by atoms with Crippen LogP contribution >= 0.6 is 0 Å². The summed E-state index contributed by atoms with van der Waals surface area (Å²) in [5.74, 6) is 0.976. The number of anilines is 1. The van der Waals surface area contributed by atoms with Crippen LogP contribution in [0.2, 0.25) is 0 Å². The predicted molar refractivity (Wildman–Crippen MR) is 79.9 cm³/mol. The minimum absolute atomic E-state index is 0.699. The Kier molecular flexibility index (Phi) is 3.41. The fourth-order valence-electron chi connectivity index (χ4n) is 2.73. The molecule has 2 aromatic carbocycles. The highest BCUT2D eigenvalue weighted by Crippen LogP contribution is 2.37. The van der Waals surface area contributed by atoms with Crippen LogP contribution in [0.1, 0.15) is 18.9 Å². The van der Waals surface area contributed by atoms with Crippen molar-refractivity contribution in [2.75, 3.05) is 18.5 Å². The van der Waals surface area contributed by atoms with Gasteiger partial charge < -0.3 is 10.1 Å². The SMILES string of the molecule is CCOc1ccccc1-c1cccc2c1CCCN2. The summed E-state index contributed by atoms with van der Waals surface area (Å²) >= 11 is 0. The third-order valence-electron chi connectivity index (χ3n) is 3.57. The second-order valence-corrected chi connectivity index (χ2v) is 4.79. The van der Waals surface area contributed by atoms with E-state index in [9.17, 15) is 0 Å². The molecule has 0 bridgehead atoms. The van der Waals surface area contributed by atoms with Crippen LogP contribution in [0, 0.1) is 0 Å². The molecule has 0 saturated carbocycles. The first-order valence-electron chi connectivity index (χ1n) is 6.98. The summed E-state index contributed by atoms with van der Waals surface area (Å²) in [6, 6.07) is 14.8. The quantitative estimate of drug-likeness (QED) is 0.888. The van der Waals surface area contributed by atoms with Gasteiger partial charge in [0.2, 0.25) is 0 Å². The maximum atomic E-state index is 5.76. The van der Waals surface area contributed by atoms with E-state index >= 15 is 0 Å². The van der Waals surface area contributed by atoms with Gasteiger partial charge in [-0.05, 0) is 43.0 Å². The lowest BCUT2D eigenvalue weighted by Gasteiger charge is -2.22. The van der Waals surface area contributed by atoms with E-state index in [0.29, 0.717) is 6.61 Å². The van der Waals surface area contributed by atoms with Crippen molar-refractivity contribution < 1.29 is 4.74 Å². The molecule has 3 rings (SSSR count). The van der Waals surface area contributed by atoms with Crippen LogP contribution in [0.4, 0.5) is 5.69 Å². The van der Waals surface area contributed by atoms with Crippen molar-refractivity contribution in [1.29, 1.82) is 0 Å². The molecule has 98 valence electrons. The van der Waals surface area contributed by atoms with E-state index < -0.39 is 0 Å². The minimum atomic E-state index is 0.699. The van der Waals surface area contributed by atoms with E-state index in [0.717, 1.165) is 18.7 Å². The third-order valence-corrected chi connectivity index (χ3v) is 3.57. The minimum Gasteiger partial charge on any atom is -0.493 e. The molecular weight excluding hydrogens is 234 g/mol. The van der Waals surface area contributed by atoms with Crippen LogP contribution in [-0.4, -0.2) is 13.2 Å². The zero-order valence-electron chi connectivity index (χ0n) is 11.3. The summed E-state index contributed by atoms with van der Waals surface area (Å²) in [4.78, 5) is 0. The Hall–Kier alpha value is -1.96. The van der Waals surface area contributed by atoms with Gasteiger partial charge in [0.15, 0.2) is 0 Å². The lowest BCUT2D eigenvalue weighted by atomic mass is 9.92. The molecule has 1 heterocycles. The van der Waals surface area contributed by atoms with Crippen molar-refractivity contribution in [2.45, 2.75) is 19.8 Å². The van der Waals surface area contributed by atoms with Crippen molar-refractivity contribution >= 4 is 5.69 Å². The highest BCUT2D eigenvalue weighted by Gasteiger charge is 2.15. The molecule has 1 N–H and O–H groups in total. The number of nitrogens with one attached hydrogen (secondary N) is 1. The number of hydrogen-bond acceptors (Lipinski definition) is 2. The Morgan fingerprint density at radius 2 is 1.89 bits per heavy atom. The Morgan fingerprint density at radius 1 is 1.05 bits per heavy atom. The van der Waals surface area contributed by atoms with Gasteiger partial charge in [0, 0.05) is 17.8 Å². The van der Waals surface area contributed by atoms with Crippen molar-refractivity contribution in [3.63, 3.8) is 0 Å².